The van der Waals surface area contributed by atoms with E-state index in [1.165, 1.54) is 11.8 Å². The lowest BCUT2D eigenvalue weighted by atomic mass is 10.2. The molecule has 0 unspecified atom stereocenters. The van der Waals surface area contributed by atoms with Gasteiger partial charge in [-0.3, -0.25) is 4.98 Å². The van der Waals surface area contributed by atoms with E-state index in [1.54, 1.807) is 6.07 Å². The van der Waals surface area contributed by atoms with Gasteiger partial charge in [-0.15, -0.1) is 0 Å². The van der Waals surface area contributed by atoms with Crippen molar-refractivity contribution in [2.45, 2.75) is 18.6 Å². The van der Waals surface area contributed by atoms with Crippen molar-refractivity contribution in [3.8, 4) is 0 Å². The second-order valence-electron chi connectivity index (χ2n) is 3.72. The molecule has 0 amide bonds. The highest BCUT2D eigenvalue weighted by molar-refractivity contribution is 7.98. The van der Waals surface area contributed by atoms with Gasteiger partial charge < -0.3 is 5.32 Å². The molecule has 2 aromatic heterocycles. The fraction of sp³-hybridized carbons (Fsp3) is 0.250. The van der Waals surface area contributed by atoms with Gasteiger partial charge in [0.1, 0.15) is 11.0 Å². The van der Waals surface area contributed by atoms with Gasteiger partial charge in [-0.05, 0) is 24.8 Å². The number of anilines is 1. The summed E-state index contributed by atoms with van der Waals surface area (Å²) >= 11 is 7.38. The quantitative estimate of drug-likeness (QED) is 0.530. The van der Waals surface area contributed by atoms with Crippen LogP contribution in [0.15, 0.2) is 29.6 Å². The molecule has 0 saturated heterocycles. The minimum Gasteiger partial charge on any atom is -0.366 e. The van der Waals surface area contributed by atoms with Gasteiger partial charge in [0, 0.05) is 24.5 Å². The molecule has 0 bridgehead atoms. The first-order valence-corrected chi connectivity index (χ1v) is 7.01. The standard InChI is InChI=1S/C12H13ClN4S/c1-8-3-4-9(6-14-8)7-15-11-5-10(13)16-12(17-11)18-2/h3-6H,7H2,1-2H3,(H,15,16,17). The maximum Gasteiger partial charge on any atom is 0.190 e. The van der Waals surface area contributed by atoms with Crippen molar-refractivity contribution >= 4 is 29.2 Å². The third-order valence-corrected chi connectivity index (χ3v) is 3.04. The van der Waals surface area contributed by atoms with E-state index in [-0.39, 0.29) is 0 Å². The number of nitrogens with one attached hydrogen (secondary N) is 1. The molecule has 94 valence electrons. The number of nitrogens with zero attached hydrogens (tertiary/aromatic N) is 3. The summed E-state index contributed by atoms with van der Waals surface area (Å²) in [6, 6.07) is 5.73. The molecule has 0 fully saturated rings. The average Bonchev–Trinajstić information content (AvgIpc) is 2.37. The number of halogens is 1. The van der Waals surface area contributed by atoms with Gasteiger partial charge in [0.25, 0.3) is 0 Å². The van der Waals surface area contributed by atoms with Gasteiger partial charge in [-0.1, -0.05) is 29.4 Å². The summed E-state index contributed by atoms with van der Waals surface area (Å²) in [5.74, 6) is 0.722. The second-order valence-corrected chi connectivity index (χ2v) is 4.88. The Labute approximate surface area is 115 Å². The van der Waals surface area contributed by atoms with Crippen LogP contribution in [0.4, 0.5) is 5.82 Å². The summed E-state index contributed by atoms with van der Waals surface area (Å²) in [5, 5.41) is 4.31. The van der Waals surface area contributed by atoms with Crippen LogP contribution in [0.2, 0.25) is 5.15 Å². The molecule has 2 rings (SSSR count). The molecule has 0 aliphatic carbocycles. The van der Waals surface area contributed by atoms with Crippen LogP contribution in [-0.2, 0) is 6.54 Å². The molecular weight excluding hydrogens is 268 g/mol. The third kappa shape index (κ3) is 3.58. The van der Waals surface area contributed by atoms with Gasteiger partial charge in [0.15, 0.2) is 5.16 Å². The van der Waals surface area contributed by atoms with Crippen LogP contribution in [0.5, 0.6) is 0 Å². The minimum atomic E-state index is 0.443. The van der Waals surface area contributed by atoms with Crippen LogP contribution in [0.1, 0.15) is 11.3 Å². The van der Waals surface area contributed by atoms with Crippen molar-refractivity contribution in [1.82, 2.24) is 15.0 Å². The lowest BCUT2D eigenvalue weighted by Gasteiger charge is -2.07. The molecule has 18 heavy (non-hydrogen) atoms. The molecule has 0 spiro atoms. The van der Waals surface area contributed by atoms with Gasteiger partial charge in [-0.25, -0.2) is 9.97 Å². The number of aryl methyl sites for hydroxylation is 1. The van der Waals surface area contributed by atoms with Gasteiger partial charge >= 0.3 is 0 Å². The fourth-order valence-electron chi connectivity index (χ4n) is 1.37. The molecule has 2 heterocycles. The monoisotopic (exact) mass is 280 g/mol. The van der Waals surface area contributed by atoms with Crippen LogP contribution in [0, 0.1) is 6.92 Å². The Kier molecular flexibility index (Phi) is 4.38. The molecule has 0 atom stereocenters. The topological polar surface area (TPSA) is 50.7 Å². The molecule has 0 aromatic carbocycles. The summed E-state index contributed by atoms with van der Waals surface area (Å²) in [7, 11) is 0. The Morgan fingerprint density at radius 3 is 2.83 bits per heavy atom. The van der Waals surface area contributed by atoms with Crippen LogP contribution >= 0.6 is 23.4 Å². The minimum absolute atomic E-state index is 0.443. The normalized spacial score (nSPS) is 10.4. The van der Waals surface area contributed by atoms with Crippen LogP contribution in [0.25, 0.3) is 0 Å². The van der Waals surface area contributed by atoms with E-state index < -0.39 is 0 Å². The summed E-state index contributed by atoms with van der Waals surface area (Å²) in [5.41, 5.74) is 2.11. The Morgan fingerprint density at radius 1 is 1.33 bits per heavy atom. The average molecular weight is 281 g/mol. The number of aromatic nitrogens is 3. The molecule has 1 N–H and O–H groups in total. The number of hydrogen-bond donors (Lipinski definition) is 1. The van der Waals surface area contributed by atoms with Crippen molar-refractivity contribution in [1.29, 1.82) is 0 Å². The Bertz CT molecular complexity index is 530. The van der Waals surface area contributed by atoms with E-state index in [0.717, 1.165) is 17.1 Å². The van der Waals surface area contributed by atoms with Crippen LogP contribution in [-0.4, -0.2) is 21.2 Å². The predicted molar refractivity (Wildman–Crippen MR) is 75.1 cm³/mol. The third-order valence-electron chi connectivity index (χ3n) is 2.30. The largest absolute Gasteiger partial charge is 0.366 e. The smallest absolute Gasteiger partial charge is 0.190 e. The lowest BCUT2D eigenvalue weighted by molar-refractivity contribution is 0.954. The van der Waals surface area contributed by atoms with E-state index in [9.17, 15) is 0 Å². The highest BCUT2D eigenvalue weighted by Gasteiger charge is 2.02. The van der Waals surface area contributed by atoms with E-state index in [4.69, 9.17) is 11.6 Å². The highest BCUT2D eigenvalue weighted by atomic mass is 35.5. The molecule has 4 nitrogen and oxygen atoms in total. The maximum absolute atomic E-state index is 5.91. The van der Waals surface area contributed by atoms with E-state index in [2.05, 4.69) is 20.3 Å². The molecule has 0 aliphatic rings. The molecule has 0 aliphatic heterocycles. The van der Waals surface area contributed by atoms with E-state index >= 15 is 0 Å². The number of pyridine rings is 1. The zero-order valence-corrected chi connectivity index (χ0v) is 11.7. The first kappa shape index (κ1) is 13.1. The molecule has 2 aromatic rings. The number of hydrogen-bond acceptors (Lipinski definition) is 5. The summed E-state index contributed by atoms with van der Waals surface area (Å²) < 4.78 is 0. The van der Waals surface area contributed by atoms with E-state index in [1.807, 2.05) is 31.5 Å². The van der Waals surface area contributed by atoms with Crippen molar-refractivity contribution < 1.29 is 0 Å². The van der Waals surface area contributed by atoms with Gasteiger partial charge in [0.2, 0.25) is 0 Å². The summed E-state index contributed by atoms with van der Waals surface area (Å²) in [4.78, 5) is 12.6. The van der Waals surface area contributed by atoms with E-state index in [0.29, 0.717) is 16.9 Å². The van der Waals surface area contributed by atoms with Gasteiger partial charge in [-0.2, -0.15) is 0 Å². The maximum atomic E-state index is 5.91. The summed E-state index contributed by atoms with van der Waals surface area (Å²) in [6.45, 7) is 2.63. The molecule has 0 radical (unpaired) electrons. The Hall–Kier alpha value is -1.33. The molecule has 6 heteroatoms. The van der Waals surface area contributed by atoms with Crippen molar-refractivity contribution in [2.24, 2.45) is 0 Å². The van der Waals surface area contributed by atoms with Crippen molar-refractivity contribution in [3.05, 3.63) is 40.8 Å². The Balaban J connectivity index is 2.05. The predicted octanol–water partition coefficient (Wildman–Crippen LogP) is 3.17. The van der Waals surface area contributed by atoms with Crippen LogP contribution < -0.4 is 5.32 Å². The zero-order valence-electron chi connectivity index (χ0n) is 10.1. The SMILES string of the molecule is CSc1nc(Cl)cc(NCc2ccc(C)nc2)n1. The molecular formula is C12H13ClN4S. The number of rotatable bonds is 4. The summed E-state index contributed by atoms with van der Waals surface area (Å²) in [6.07, 6.45) is 3.76. The molecule has 0 saturated carbocycles. The highest BCUT2D eigenvalue weighted by Crippen LogP contribution is 2.17. The fourth-order valence-corrected chi connectivity index (χ4v) is 1.99. The first-order chi connectivity index (χ1) is 8.67. The van der Waals surface area contributed by atoms with Gasteiger partial charge in [0.05, 0.1) is 0 Å². The lowest BCUT2D eigenvalue weighted by Crippen LogP contribution is -2.03. The first-order valence-electron chi connectivity index (χ1n) is 5.41. The second kappa shape index (κ2) is 6.02. The van der Waals surface area contributed by atoms with Crippen molar-refractivity contribution in [3.63, 3.8) is 0 Å². The Morgan fingerprint density at radius 2 is 2.17 bits per heavy atom. The zero-order chi connectivity index (χ0) is 13.0. The number of thioether (sulfide) groups is 1. The van der Waals surface area contributed by atoms with Crippen molar-refractivity contribution in [2.75, 3.05) is 11.6 Å². The van der Waals surface area contributed by atoms with Crippen LogP contribution in [0.3, 0.4) is 0 Å².